The monoisotopic (exact) mass is 390 g/mol. The fraction of sp³-hybridized carbons (Fsp3) is 0.467. The van der Waals surface area contributed by atoms with E-state index in [-0.39, 0.29) is 36.4 Å². The molecule has 2 aromatic heterocycles. The van der Waals surface area contributed by atoms with Gasteiger partial charge >= 0.3 is 17.1 Å². The summed E-state index contributed by atoms with van der Waals surface area (Å²) in [5, 5.41) is 3.23. The van der Waals surface area contributed by atoms with Gasteiger partial charge in [-0.05, 0) is 32.0 Å². The molecule has 3 heterocycles. The molecule has 0 bridgehead atoms. The van der Waals surface area contributed by atoms with E-state index in [2.05, 4.69) is 15.0 Å². The molecule has 0 amide bonds. The van der Waals surface area contributed by atoms with Crippen molar-refractivity contribution in [2.75, 3.05) is 20.2 Å². The molecule has 0 radical (unpaired) electrons. The number of aryl methyl sites for hydroxylation is 1. The summed E-state index contributed by atoms with van der Waals surface area (Å²) >= 11 is 0. The number of esters is 1. The lowest BCUT2D eigenvalue weighted by Gasteiger charge is -2.25. The Kier molecular flexibility index (Phi) is 7.16. The highest BCUT2D eigenvalue weighted by Crippen LogP contribution is 2.20. The number of piperidine rings is 1. The molecule has 0 aromatic carbocycles. The number of fused-ring (bicyclic) bond motifs is 1. The molecule has 10 heteroatoms. The highest BCUT2D eigenvalue weighted by molar-refractivity contribution is 5.92. The van der Waals surface area contributed by atoms with Crippen LogP contribution in [-0.4, -0.2) is 40.3 Å². The Morgan fingerprint density at radius 2 is 1.88 bits per heavy atom. The van der Waals surface area contributed by atoms with Crippen molar-refractivity contribution in [3.8, 4) is 0 Å². The van der Waals surface area contributed by atoms with Crippen LogP contribution in [0.25, 0.3) is 11.2 Å². The van der Waals surface area contributed by atoms with E-state index in [0.717, 1.165) is 25.9 Å². The zero-order valence-electron chi connectivity index (χ0n) is 13.9. The van der Waals surface area contributed by atoms with E-state index in [1.807, 2.05) is 0 Å². The number of nitrogens with zero attached hydrogens (tertiary/aromatic N) is 3. The molecule has 0 spiro atoms. The van der Waals surface area contributed by atoms with E-state index in [0.29, 0.717) is 11.2 Å². The van der Waals surface area contributed by atoms with Crippen LogP contribution in [0.2, 0.25) is 0 Å². The number of nitrogens with one attached hydrogen (secondary N) is 1. The second-order valence-electron chi connectivity index (χ2n) is 5.58. The largest absolute Gasteiger partial charge is 0.465 e. The van der Waals surface area contributed by atoms with Crippen molar-refractivity contribution in [1.82, 2.24) is 19.4 Å². The van der Waals surface area contributed by atoms with Gasteiger partial charge in [0.25, 0.3) is 0 Å². The second kappa shape index (κ2) is 8.46. The Morgan fingerprint density at radius 3 is 2.48 bits per heavy atom. The van der Waals surface area contributed by atoms with Crippen molar-refractivity contribution < 1.29 is 9.53 Å². The summed E-state index contributed by atoms with van der Waals surface area (Å²) in [5.74, 6) is -0.536. The van der Waals surface area contributed by atoms with E-state index in [9.17, 15) is 14.4 Å². The molecular weight excluding hydrogens is 371 g/mol. The van der Waals surface area contributed by atoms with Crippen LogP contribution in [0.3, 0.4) is 0 Å². The third kappa shape index (κ3) is 3.70. The van der Waals surface area contributed by atoms with Crippen LogP contribution in [0, 0.1) is 0 Å². The van der Waals surface area contributed by atoms with Gasteiger partial charge in [-0.3, -0.25) is 14.2 Å². The van der Waals surface area contributed by atoms with Crippen LogP contribution >= 0.6 is 24.8 Å². The molecule has 1 aliphatic rings. The summed E-state index contributed by atoms with van der Waals surface area (Å²) in [6.45, 7) is 1.57. The smallest absolute Gasteiger partial charge is 0.339 e. The average Bonchev–Trinajstić information content (AvgIpc) is 2.60. The van der Waals surface area contributed by atoms with Crippen molar-refractivity contribution in [3.05, 3.63) is 38.5 Å². The lowest BCUT2D eigenvalue weighted by atomic mass is 10.1. The number of halogens is 2. The Balaban J connectivity index is 0.00000156. The zero-order valence-corrected chi connectivity index (χ0v) is 15.5. The van der Waals surface area contributed by atoms with Crippen molar-refractivity contribution in [2.45, 2.75) is 18.9 Å². The van der Waals surface area contributed by atoms with E-state index in [1.165, 1.54) is 35.6 Å². The number of hydrogen-bond donors (Lipinski definition) is 1. The molecule has 0 atom stereocenters. The molecule has 1 saturated heterocycles. The van der Waals surface area contributed by atoms with Crippen molar-refractivity contribution in [1.29, 1.82) is 0 Å². The quantitative estimate of drug-likeness (QED) is 0.597. The van der Waals surface area contributed by atoms with Gasteiger partial charge in [0.1, 0.15) is 0 Å². The molecule has 2 aromatic rings. The number of carbonyl (C=O) groups excluding carboxylic acids is 1. The number of hydrogen-bond acceptors (Lipinski definition) is 6. The fourth-order valence-corrected chi connectivity index (χ4v) is 2.96. The molecule has 0 saturated carbocycles. The van der Waals surface area contributed by atoms with Gasteiger partial charge < -0.3 is 14.6 Å². The molecule has 25 heavy (non-hydrogen) atoms. The summed E-state index contributed by atoms with van der Waals surface area (Å²) in [7, 11) is 2.78. The number of carbonyl (C=O) groups is 1. The van der Waals surface area contributed by atoms with Gasteiger partial charge in [0, 0.05) is 19.3 Å². The lowest BCUT2D eigenvalue weighted by Crippen LogP contribution is -2.44. The maximum atomic E-state index is 12.5. The maximum absolute atomic E-state index is 12.5. The fourth-order valence-electron chi connectivity index (χ4n) is 2.96. The number of rotatable bonds is 2. The molecule has 1 aliphatic heterocycles. The van der Waals surface area contributed by atoms with E-state index >= 15 is 0 Å². The number of aromatic nitrogens is 3. The van der Waals surface area contributed by atoms with Crippen LogP contribution in [-0.2, 0) is 11.8 Å². The summed E-state index contributed by atoms with van der Waals surface area (Å²) in [5.41, 5.74) is -0.108. The first-order chi connectivity index (χ1) is 11.0. The number of methoxy groups -OCH3 is 1. The average molecular weight is 391 g/mol. The lowest BCUT2D eigenvalue weighted by molar-refractivity contribution is 0.0600. The van der Waals surface area contributed by atoms with E-state index in [4.69, 9.17) is 0 Å². The molecule has 0 unspecified atom stereocenters. The van der Waals surface area contributed by atoms with Crippen LogP contribution in [0.5, 0.6) is 0 Å². The first kappa shape index (κ1) is 21.1. The SMILES string of the molecule is COC(=O)c1cnc2c(c1)n(C)c(=O)c(=O)n2C1CCNCC1.Cl.Cl. The predicted molar refractivity (Wildman–Crippen MR) is 98.2 cm³/mol. The first-order valence-corrected chi connectivity index (χ1v) is 7.45. The van der Waals surface area contributed by atoms with Crippen molar-refractivity contribution in [3.63, 3.8) is 0 Å². The Hall–Kier alpha value is -1.90. The van der Waals surface area contributed by atoms with Crippen LogP contribution in [0.4, 0.5) is 0 Å². The number of ether oxygens (including phenoxy) is 1. The van der Waals surface area contributed by atoms with Gasteiger partial charge in [-0.15, -0.1) is 24.8 Å². The first-order valence-electron chi connectivity index (χ1n) is 7.45. The molecule has 8 nitrogen and oxygen atoms in total. The van der Waals surface area contributed by atoms with Crippen LogP contribution in [0.1, 0.15) is 29.2 Å². The topological polar surface area (TPSA) is 95.2 Å². The Morgan fingerprint density at radius 1 is 1.24 bits per heavy atom. The van der Waals surface area contributed by atoms with E-state index < -0.39 is 17.1 Å². The third-order valence-corrected chi connectivity index (χ3v) is 4.24. The molecule has 0 aliphatic carbocycles. The third-order valence-electron chi connectivity index (χ3n) is 4.24. The minimum atomic E-state index is -0.625. The summed E-state index contributed by atoms with van der Waals surface area (Å²) in [4.78, 5) is 40.7. The normalized spacial score (nSPS) is 14.5. The van der Waals surface area contributed by atoms with Crippen LogP contribution < -0.4 is 16.4 Å². The van der Waals surface area contributed by atoms with Gasteiger partial charge in [0.05, 0.1) is 18.2 Å². The van der Waals surface area contributed by atoms with Gasteiger partial charge in [-0.25, -0.2) is 9.78 Å². The minimum absolute atomic E-state index is 0. The van der Waals surface area contributed by atoms with Gasteiger partial charge in [0.15, 0.2) is 5.65 Å². The molecular formula is C15H20Cl2N4O4. The maximum Gasteiger partial charge on any atom is 0.339 e. The highest BCUT2D eigenvalue weighted by atomic mass is 35.5. The van der Waals surface area contributed by atoms with Gasteiger partial charge in [0.2, 0.25) is 0 Å². The Bertz CT molecular complexity index is 887. The highest BCUT2D eigenvalue weighted by Gasteiger charge is 2.22. The summed E-state index contributed by atoms with van der Waals surface area (Å²) < 4.78 is 7.39. The zero-order chi connectivity index (χ0) is 16.6. The van der Waals surface area contributed by atoms with Crippen molar-refractivity contribution >= 4 is 41.9 Å². The van der Waals surface area contributed by atoms with Crippen LogP contribution in [0.15, 0.2) is 21.9 Å². The second-order valence-corrected chi connectivity index (χ2v) is 5.58. The predicted octanol–water partition coefficient (Wildman–Crippen LogP) is 0.650. The summed E-state index contributed by atoms with van der Waals surface area (Å²) in [6.07, 6.45) is 2.88. The minimum Gasteiger partial charge on any atom is -0.465 e. The molecule has 1 fully saturated rings. The molecule has 138 valence electrons. The molecule has 3 rings (SSSR count). The standard InChI is InChI=1S/C15H18N4O4.2ClH/c1-18-11-7-9(15(22)23-2)8-17-12(11)19(14(21)13(18)20)10-3-5-16-6-4-10;;/h7-8,10,16H,3-6H2,1-2H3;2*1H. The van der Waals surface area contributed by atoms with Gasteiger partial charge in [-0.2, -0.15) is 0 Å². The van der Waals surface area contributed by atoms with E-state index in [1.54, 1.807) is 0 Å². The number of pyridine rings is 1. The van der Waals surface area contributed by atoms with Crippen molar-refractivity contribution in [2.24, 2.45) is 7.05 Å². The summed E-state index contributed by atoms with van der Waals surface area (Å²) in [6, 6.07) is 1.46. The Labute approximate surface area is 156 Å². The van der Waals surface area contributed by atoms with Gasteiger partial charge in [-0.1, -0.05) is 0 Å². The molecule has 1 N–H and O–H groups in total.